The Morgan fingerprint density at radius 1 is 1.07 bits per heavy atom. The number of hydrogen-bond donors (Lipinski definition) is 3. The second kappa shape index (κ2) is 17.8. The summed E-state index contributed by atoms with van der Waals surface area (Å²) in [6, 6.07) is 2.60. The van der Waals surface area contributed by atoms with Gasteiger partial charge in [-0.1, -0.05) is 56.7 Å². The highest BCUT2D eigenvalue weighted by atomic mass is 32.2. The first-order valence-corrected chi connectivity index (χ1v) is 15.7. The molecule has 1 aliphatic carbocycles. The smallest absolute Gasteiger partial charge is 0.416 e. The Kier molecular flexibility index (Phi) is 14.9. The van der Waals surface area contributed by atoms with Crippen LogP contribution in [0, 0.1) is 11.8 Å². The van der Waals surface area contributed by atoms with Crippen molar-refractivity contribution in [2.45, 2.75) is 95.6 Å². The van der Waals surface area contributed by atoms with E-state index in [-0.39, 0.29) is 48.7 Å². The van der Waals surface area contributed by atoms with Crippen molar-refractivity contribution in [3.63, 3.8) is 0 Å². The molecular weight excluding hydrogens is 599 g/mol. The fourth-order valence-corrected chi connectivity index (χ4v) is 5.95. The molecule has 1 saturated carbocycles. The highest BCUT2D eigenvalue weighted by molar-refractivity contribution is 8.14. The number of ketones is 1. The lowest BCUT2D eigenvalue weighted by molar-refractivity contribution is -0.138. The Labute approximate surface area is 260 Å². The van der Waals surface area contributed by atoms with Gasteiger partial charge in [-0.05, 0) is 56.2 Å². The Morgan fingerprint density at radius 3 is 2.25 bits per heavy atom. The second-order valence-electron chi connectivity index (χ2n) is 11.2. The molecular formula is C31H42F3N3O6S. The third-order valence-electron chi connectivity index (χ3n) is 7.23. The van der Waals surface area contributed by atoms with Crippen molar-refractivity contribution in [2.75, 3.05) is 6.61 Å². The van der Waals surface area contributed by atoms with Gasteiger partial charge in [0.2, 0.25) is 11.8 Å². The van der Waals surface area contributed by atoms with E-state index in [1.807, 2.05) is 0 Å². The predicted octanol–water partition coefficient (Wildman–Crippen LogP) is 5.10. The number of halogens is 3. The molecule has 1 aromatic carbocycles. The Balaban J connectivity index is 2.28. The predicted molar refractivity (Wildman–Crippen MR) is 161 cm³/mol. The van der Waals surface area contributed by atoms with Gasteiger partial charge in [0.1, 0.15) is 0 Å². The number of nitrogens with one attached hydrogen (secondary N) is 2. The van der Waals surface area contributed by atoms with E-state index in [4.69, 9.17) is 10.5 Å². The lowest BCUT2D eigenvalue weighted by Crippen LogP contribution is -2.46. The molecule has 3 amide bonds. The van der Waals surface area contributed by atoms with Crippen molar-refractivity contribution >= 4 is 40.6 Å². The van der Waals surface area contributed by atoms with E-state index < -0.39 is 53.3 Å². The summed E-state index contributed by atoms with van der Waals surface area (Å²) in [6.45, 7) is 5.30. The van der Waals surface area contributed by atoms with Gasteiger partial charge in [0.25, 0.3) is 5.24 Å². The van der Waals surface area contributed by atoms with Gasteiger partial charge >= 0.3 is 12.1 Å². The summed E-state index contributed by atoms with van der Waals surface area (Å²) in [6.07, 6.45) is 1.44. The highest BCUT2D eigenvalue weighted by Crippen LogP contribution is 2.31. The summed E-state index contributed by atoms with van der Waals surface area (Å²) in [5, 5.41) is 5.40. The Hall–Kier alpha value is -3.35. The number of esters is 1. The van der Waals surface area contributed by atoms with E-state index in [2.05, 4.69) is 10.6 Å². The van der Waals surface area contributed by atoms with Gasteiger partial charge in [0, 0.05) is 36.1 Å². The number of Topliss-reactive ketones (excluding diaryl/α,β-unsaturated/α-hetero) is 1. The van der Waals surface area contributed by atoms with Gasteiger partial charge in [-0.2, -0.15) is 13.2 Å². The second-order valence-corrected chi connectivity index (χ2v) is 12.4. The molecule has 0 spiro atoms. The molecule has 44 heavy (non-hydrogen) atoms. The summed E-state index contributed by atoms with van der Waals surface area (Å²) in [5.41, 5.74) is 4.81. The molecule has 0 bridgehead atoms. The molecule has 4 N–H and O–H groups in total. The van der Waals surface area contributed by atoms with Crippen molar-refractivity contribution in [3.05, 3.63) is 47.5 Å². The number of thioether (sulfide) groups is 1. The average Bonchev–Trinajstić information content (AvgIpc) is 3.45. The van der Waals surface area contributed by atoms with Gasteiger partial charge in [0.15, 0.2) is 5.78 Å². The van der Waals surface area contributed by atoms with E-state index in [0.717, 1.165) is 43.9 Å². The normalized spacial score (nSPS) is 16.0. The number of carbonyl (C=O) groups excluding carboxylic acids is 5. The number of alkyl halides is 3. The van der Waals surface area contributed by atoms with Crippen LogP contribution in [-0.4, -0.2) is 52.7 Å². The number of amides is 3. The van der Waals surface area contributed by atoms with Crippen molar-refractivity contribution < 1.29 is 41.9 Å². The minimum Gasteiger partial charge on any atom is -0.463 e. The van der Waals surface area contributed by atoms with Crippen LogP contribution < -0.4 is 16.4 Å². The number of ether oxygens (including phenoxy) is 1. The van der Waals surface area contributed by atoms with Crippen LogP contribution in [0.2, 0.25) is 0 Å². The molecule has 3 atom stereocenters. The molecule has 1 aliphatic rings. The zero-order chi connectivity index (χ0) is 32.9. The number of rotatable bonds is 16. The molecule has 0 heterocycles. The van der Waals surface area contributed by atoms with Crippen LogP contribution in [0.15, 0.2) is 36.4 Å². The van der Waals surface area contributed by atoms with Crippen LogP contribution in [0.25, 0.3) is 0 Å². The van der Waals surface area contributed by atoms with Gasteiger partial charge < -0.3 is 21.1 Å². The molecule has 0 radical (unpaired) electrons. The Morgan fingerprint density at radius 2 is 1.70 bits per heavy atom. The third-order valence-corrected chi connectivity index (χ3v) is 8.36. The van der Waals surface area contributed by atoms with Crippen molar-refractivity contribution in [2.24, 2.45) is 17.6 Å². The molecule has 0 saturated heterocycles. The monoisotopic (exact) mass is 641 g/mol. The fraction of sp³-hybridized carbons (Fsp3) is 0.581. The average molecular weight is 642 g/mol. The molecule has 0 aromatic heterocycles. The molecule has 13 heteroatoms. The molecule has 2 rings (SSSR count). The van der Waals surface area contributed by atoms with Gasteiger partial charge in [-0.15, -0.1) is 0 Å². The zero-order valence-electron chi connectivity index (χ0n) is 25.3. The van der Waals surface area contributed by atoms with Crippen LogP contribution in [0.4, 0.5) is 18.0 Å². The number of primary amides is 1. The maximum Gasteiger partial charge on any atom is 0.416 e. The highest BCUT2D eigenvalue weighted by Gasteiger charge is 2.33. The largest absolute Gasteiger partial charge is 0.463 e. The topological polar surface area (TPSA) is 145 Å². The third kappa shape index (κ3) is 13.1. The first kappa shape index (κ1) is 36.8. The quantitative estimate of drug-likeness (QED) is 0.168. The number of carbonyl (C=O) groups is 5. The van der Waals surface area contributed by atoms with Crippen LogP contribution in [0.3, 0.4) is 0 Å². The van der Waals surface area contributed by atoms with Crippen LogP contribution in [0.1, 0.15) is 76.8 Å². The summed E-state index contributed by atoms with van der Waals surface area (Å²) >= 11 is 1.17. The summed E-state index contributed by atoms with van der Waals surface area (Å²) in [4.78, 5) is 63.1. The summed E-state index contributed by atoms with van der Waals surface area (Å²) in [5.74, 6) is -3.63. The van der Waals surface area contributed by atoms with Gasteiger partial charge in [-0.3, -0.25) is 19.2 Å². The molecule has 0 aliphatic heterocycles. The van der Waals surface area contributed by atoms with Crippen LogP contribution >= 0.6 is 11.8 Å². The first-order valence-electron chi connectivity index (χ1n) is 14.8. The maximum absolute atomic E-state index is 13.6. The van der Waals surface area contributed by atoms with E-state index in [0.29, 0.717) is 5.56 Å². The van der Waals surface area contributed by atoms with Crippen LogP contribution in [0.5, 0.6) is 0 Å². The van der Waals surface area contributed by atoms with Crippen molar-refractivity contribution in [1.29, 1.82) is 0 Å². The SMILES string of the molecule is CCOC(=O)C=CC(CCC(N)=O)NC(=O)C(CC(=O)C(NC(=O)SC1CCCC1)C(C)C)Cc1ccc(C(F)(F)F)cc1. The van der Waals surface area contributed by atoms with Crippen molar-refractivity contribution in [3.8, 4) is 0 Å². The maximum atomic E-state index is 13.6. The Bertz CT molecular complexity index is 1170. The molecule has 1 aromatic rings. The molecule has 9 nitrogen and oxygen atoms in total. The van der Waals surface area contributed by atoms with E-state index in [9.17, 15) is 37.1 Å². The number of benzene rings is 1. The molecule has 1 fully saturated rings. The zero-order valence-corrected chi connectivity index (χ0v) is 26.1. The van der Waals surface area contributed by atoms with E-state index >= 15 is 0 Å². The lowest BCUT2D eigenvalue weighted by Gasteiger charge is -2.25. The van der Waals surface area contributed by atoms with Gasteiger partial charge in [0.05, 0.1) is 18.2 Å². The number of nitrogens with two attached hydrogens (primary N) is 1. The molecule has 244 valence electrons. The number of hydrogen-bond acceptors (Lipinski definition) is 7. The van der Waals surface area contributed by atoms with E-state index in [1.165, 1.54) is 30.0 Å². The first-order chi connectivity index (χ1) is 20.7. The fourth-order valence-electron chi connectivity index (χ4n) is 4.88. The minimum absolute atomic E-state index is 0.0565. The summed E-state index contributed by atoms with van der Waals surface area (Å²) < 4.78 is 44.2. The van der Waals surface area contributed by atoms with Crippen LogP contribution in [-0.2, 0) is 36.5 Å². The van der Waals surface area contributed by atoms with E-state index in [1.54, 1.807) is 20.8 Å². The van der Waals surface area contributed by atoms with Gasteiger partial charge in [-0.25, -0.2) is 4.79 Å². The standard InChI is InChI=1S/C31H42F3N3O6S/c1-4-43-27(40)16-14-23(13-15-26(35)39)36-29(41)21(17-20-9-11-22(12-10-20)31(32,33)34)18-25(38)28(19(2)3)37-30(42)44-24-7-5-6-8-24/h9-12,14,16,19,21,23-24,28H,4-8,13,15,17-18H2,1-3H3,(H2,35,39)(H,36,41)(H,37,42). The summed E-state index contributed by atoms with van der Waals surface area (Å²) in [7, 11) is 0. The van der Waals surface area contributed by atoms with Crippen molar-refractivity contribution in [1.82, 2.24) is 10.6 Å². The molecule has 3 unspecified atom stereocenters. The lowest BCUT2D eigenvalue weighted by atomic mass is 9.88. The minimum atomic E-state index is -4.54.